The average Bonchev–Trinajstić information content (AvgIpc) is 3.00. The van der Waals surface area contributed by atoms with Gasteiger partial charge in [-0.25, -0.2) is 16.8 Å². The van der Waals surface area contributed by atoms with E-state index in [-0.39, 0.29) is 14.9 Å². The van der Waals surface area contributed by atoms with Gasteiger partial charge in [-0.2, -0.15) is 0 Å². The molecule has 0 fully saturated rings. The summed E-state index contributed by atoms with van der Waals surface area (Å²) in [5, 5.41) is 0. The highest BCUT2D eigenvalue weighted by atomic mass is 32.2. The Morgan fingerprint density at radius 3 is 1.14 bits per heavy atom. The minimum Gasteiger partial charge on any atom is -0.219 e. The Labute approximate surface area is 216 Å². The Hall–Kier alpha value is -3.22. The molecular weight excluding hydrogens is 488 g/mol. The highest BCUT2D eigenvalue weighted by Crippen LogP contribution is 2.43. The van der Waals surface area contributed by atoms with Crippen molar-refractivity contribution in [3.05, 3.63) is 107 Å². The van der Waals surface area contributed by atoms with Gasteiger partial charge in [-0.1, -0.05) is 85.6 Å². The monoisotopic (exact) mass is 522 g/mol. The predicted molar refractivity (Wildman–Crippen MR) is 148 cm³/mol. The van der Waals surface area contributed by atoms with Gasteiger partial charge in [0.2, 0.25) is 19.7 Å². The lowest BCUT2D eigenvalue weighted by Crippen LogP contribution is -2.01. The fourth-order valence-corrected chi connectivity index (χ4v) is 6.78. The molecule has 1 aliphatic rings. The molecule has 6 heteroatoms. The highest BCUT2D eigenvalue weighted by molar-refractivity contribution is 7.92. The fourth-order valence-electron chi connectivity index (χ4n) is 3.87. The second-order valence-corrected chi connectivity index (χ2v) is 12.5. The molecule has 190 valence electrons. The van der Waals surface area contributed by atoms with Crippen LogP contribution in [0, 0.1) is 27.7 Å². The maximum atomic E-state index is 12.3. The van der Waals surface area contributed by atoms with Crippen molar-refractivity contribution in [3.63, 3.8) is 0 Å². The van der Waals surface area contributed by atoms with Crippen LogP contribution in [0.1, 0.15) is 37.1 Å². The molecule has 4 aromatic carbocycles. The van der Waals surface area contributed by atoms with Gasteiger partial charge in [0.05, 0.1) is 19.6 Å². The van der Waals surface area contributed by atoms with Gasteiger partial charge < -0.3 is 0 Å². The number of hydrogen-bond acceptors (Lipinski definition) is 4. The molecule has 0 N–H and O–H groups in total. The smallest absolute Gasteiger partial charge is 0.207 e. The van der Waals surface area contributed by atoms with Crippen LogP contribution in [0.5, 0.6) is 0 Å². The molecule has 0 saturated heterocycles. The van der Waals surface area contributed by atoms with E-state index in [2.05, 4.69) is 0 Å². The van der Waals surface area contributed by atoms with Gasteiger partial charge in [-0.05, 0) is 64.1 Å². The summed E-state index contributed by atoms with van der Waals surface area (Å²) in [5.41, 5.74) is 5.93. The number of sulfone groups is 2. The summed E-state index contributed by atoms with van der Waals surface area (Å²) in [7, 11) is -6.67. The summed E-state index contributed by atoms with van der Waals surface area (Å²) < 4.78 is 49.1. The predicted octanol–water partition coefficient (Wildman–Crippen LogP) is 7.53. The zero-order valence-corrected chi connectivity index (χ0v) is 21.2. The molecule has 0 aromatic heterocycles. The van der Waals surface area contributed by atoms with Gasteiger partial charge in [0.1, 0.15) is 0 Å². The van der Waals surface area contributed by atoms with Crippen LogP contribution in [-0.4, -0.2) is 16.8 Å². The van der Waals surface area contributed by atoms with Crippen LogP contribution in [0.2, 0.25) is 0 Å². The van der Waals surface area contributed by atoms with Crippen LogP contribution in [0.15, 0.2) is 105 Å². The molecule has 0 spiro atoms. The Morgan fingerprint density at radius 2 is 0.806 bits per heavy atom. The minimum absolute atomic E-state index is 0. The maximum absolute atomic E-state index is 12.3. The molecule has 36 heavy (non-hydrogen) atoms. The molecule has 5 rings (SSSR count). The van der Waals surface area contributed by atoms with E-state index >= 15 is 0 Å². The zero-order chi connectivity index (χ0) is 24.7. The van der Waals surface area contributed by atoms with Crippen LogP contribution < -0.4 is 0 Å². The van der Waals surface area contributed by atoms with Gasteiger partial charge >= 0.3 is 0 Å². The molecule has 1 aliphatic heterocycles. The first-order valence-electron chi connectivity index (χ1n) is 10.9. The van der Waals surface area contributed by atoms with E-state index in [9.17, 15) is 16.8 Å². The van der Waals surface area contributed by atoms with E-state index in [1.165, 1.54) is 0 Å². The van der Waals surface area contributed by atoms with Gasteiger partial charge in [0.25, 0.3) is 0 Å². The summed E-state index contributed by atoms with van der Waals surface area (Å²) in [6.45, 7) is 7.81. The molecule has 0 saturated carbocycles. The summed E-state index contributed by atoms with van der Waals surface area (Å²) >= 11 is 0. The summed E-state index contributed by atoms with van der Waals surface area (Å²) in [4.78, 5) is 1.55. The minimum atomic E-state index is -3.37. The van der Waals surface area contributed by atoms with E-state index in [1.807, 2.05) is 52.0 Å². The second kappa shape index (κ2) is 10.8. The third-order valence-corrected chi connectivity index (χ3v) is 9.46. The van der Waals surface area contributed by atoms with Crippen molar-refractivity contribution in [2.24, 2.45) is 0 Å². The molecule has 4 nitrogen and oxygen atoms in total. The Balaban J connectivity index is 0.000000240. The molecule has 4 aromatic rings. The number of benzene rings is 4. The van der Waals surface area contributed by atoms with Gasteiger partial charge in [-0.15, -0.1) is 0 Å². The summed E-state index contributed by atoms with van der Waals surface area (Å²) in [6.07, 6.45) is 0. The van der Waals surface area contributed by atoms with Crippen molar-refractivity contribution in [3.8, 4) is 11.1 Å². The number of aryl methyl sites for hydroxylation is 4. The largest absolute Gasteiger partial charge is 0.219 e. The van der Waals surface area contributed by atoms with Crippen LogP contribution in [0.25, 0.3) is 11.1 Å². The van der Waals surface area contributed by atoms with Gasteiger partial charge in [0.15, 0.2) is 0 Å². The van der Waals surface area contributed by atoms with E-state index < -0.39 is 19.7 Å². The molecule has 0 atom stereocenters. The number of hydrogen-bond donors (Lipinski definition) is 0. The first-order valence-corrected chi connectivity index (χ1v) is 13.8. The van der Waals surface area contributed by atoms with Crippen molar-refractivity contribution >= 4 is 19.7 Å². The van der Waals surface area contributed by atoms with Gasteiger partial charge in [0, 0.05) is 11.1 Å². The molecule has 0 radical (unpaired) electrons. The summed E-state index contributed by atoms with van der Waals surface area (Å²) in [5.74, 6) is 0. The molecule has 0 unspecified atom stereocenters. The standard InChI is InChI=1S/C14H12O2S.C14H14O2S.2CH4/c1-9-3-5-13-11(7-9)12-8-10(2)4-6-14(12)17(13,15)16;1-11-3-7-13(8-4-11)17(15,16)14-9-5-12(2)6-10-14;;/h3-8H,1-2H3;3-10H,1-2H3;2*1H4. The quantitative estimate of drug-likeness (QED) is 0.240. The van der Waals surface area contributed by atoms with Gasteiger partial charge in [-0.3, -0.25) is 0 Å². The molecular formula is C30H34O4S2. The van der Waals surface area contributed by atoms with E-state index in [1.54, 1.807) is 60.7 Å². The molecule has 0 aliphatic carbocycles. The van der Waals surface area contributed by atoms with E-state index in [4.69, 9.17) is 0 Å². The Kier molecular flexibility index (Phi) is 8.71. The van der Waals surface area contributed by atoms with Crippen molar-refractivity contribution in [1.82, 2.24) is 0 Å². The van der Waals surface area contributed by atoms with E-state index in [0.29, 0.717) is 19.6 Å². The summed E-state index contributed by atoms with van der Waals surface area (Å²) in [6, 6.07) is 24.8. The number of fused-ring (bicyclic) bond motifs is 3. The Morgan fingerprint density at radius 1 is 0.500 bits per heavy atom. The zero-order valence-electron chi connectivity index (χ0n) is 19.5. The maximum Gasteiger partial charge on any atom is 0.207 e. The average molecular weight is 523 g/mol. The highest BCUT2D eigenvalue weighted by Gasteiger charge is 2.32. The van der Waals surface area contributed by atoms with Crippen molar-refractivity contribution < 1.29 is 16.8 Å². The molecule has 0 amide bonds. The van der Waals surface area contributed by atoms with Crippen molar-refractivity contribution in [2.75, 3.05) is 0 Å². The lowest BCUT2D eigenvalue weighted by Gasteiger charge is -2.05. The molecule has 0 bridgehead atoms. The topological polar surface area (TPSA) is 68.3 Å². The normalized spacial score (nSPS) is 12.7. The first kappa shape index (κ1) is 29.0. The third kappa shape index (κ3) is 5.45. The van der Waals surface area contributed by atoms with Crippen LogP contribution in [0.3, 0.4) is 0 Å². The van der Waals surface area contributed by atoms with E-state index in [0.717, 1.165) is 33.4 Å². The first-order chi connectivity index (χ1) is 16.0. The lowest BCUT2D eigenvalue weighted by atomic mass is 10.0. The fraction of sp³-hybridized carbons (Fsp3) is 0.200. The van der Waals surface area contributed by atoms with Crippen molar-refractivity contribution in [1.29, 1.82) is 0 Å². The van der Waals surface area contributed by atoms with Crippen molar-refractivity contribution in [2.45, 2.75) is 62.1 Å². The van der Waals surface area contributed by atoms with Crippen LogP contribution in [0.4, 0.5) is 0 Å². The number of rotatable bonds is 2. The second-order valence-electron chi connectivity index (χ2n) is 8.63. The van der Waals surface area contributed by atoms with Crippen LogP contribution >= 0.6 is 0 Å². The SMILES string of the molecule is C.C.Cc1ccc(S(=O)(=O)c2ccc(C)cc2)cc1.Cc1ccc2c(c1)-c1cc(C)ccc1S2(=O)=O. The molecule has 1 heterocycles. The third-order valence-electron chi connectivity index (χ3n) is 5.80. The lowest BCUT2D eigenvalue weighted by molar-refractivity contribution is 0.595. The van der Waals surface area contributed by atoms with Crippen LogP contribution in [-0.2, 0) is 19.7 Å². The Bertz CT molecular complexity index is 1460.